The van der Waals surface area contributed by atoms with Crippen molar-refractivity contribution in [3.05, 3.63) is 52.8 Å². The van der Waals surface area contributed by atoms with Crippen LogP contribution in [-0.2, 0) is 11.2 Å². The number of aryl methyl sites for hydroxylation is 2. The minimum atomic E-state index is 0.00179. The molecule has 1 amide bonds. The normalized spacial score (nSPS) is 12.3. The summed E-state index contributed by atoms with van der Waals surface area (Å²) in [5, 5.41) is 8.21. The summed E-state index contributed by atoms with van der Waals surface area (Å²) >= 11 is 1.48. The number of carbonyl (C=O) groups is 1. The molecule has 0 radical (unpaired) electrons. The van der Waals surface area contributed by atoms with Crippen LogP contribution in [0.25, 0.3) is 5.78 Å². The van der Waals surface area contributed by atoms with Crippen molar-refractivity contribution in [2.75, 3.05) is 12.8 Å². The highest BCUT2D eigenvalue weighted by atomic mass is 32.2. The lowest BCUT2D eigenvalue weighted by Gasteiger charge is -2.17. The van der Waals surface area contributed by atoms with E-state index < -0.39 is 0 Å². The highest BCUT2D eigenvalue weighted by Gasteiger charge is 2.17. The first kappa shape index (κ1) is 19.4. The van der Waals surface area contributed by atoms with Crippen LogP contribution in [0.2, 0.25) is 0 Å². The van der Waals surface area contributed by atoms with E-state index in [2.05, 4.69) is 39.4 Å². The molecule has 2 aromatic heterocycles. The molecule has 142 valence electrons. The van der Waals surface area contributed by atoms with Crippen molar-refractivity contribution in [2.24, 2.45) is 0 Å². The summed E-state index contributed by atoms with van der Waals surface area (Å²) in [5.41, 5.74) is 3.90. The minimum Gasteiger partial charge on any atom is -0.355 e. The quantitative estimate of drug-likeness (QED) is 0.634. The Labute approximate surface area is 163 Å². The highest BCUT2D eigenvalue weighted by molar-refractivity contribution is 7.98. The average molecular weight is 384 g/mol. The van der Waals surface area contributed by atoms with Gasteiger partial charge >= 0.3 is 0 Å². The maximum absolute atomic E-state index is 12.6. The number of nitrogens with zero attached hydrogens (tertiary/aromatic N) is 4. The Bertz CT molecular complexity index is 938. The van der Waals surface area contributed by atoms with Gasteiger partial charge in [0.15, 0.2) is 0 Å². The van der Waals surface area contributed by atoms with Crippen LogP contribution in [0.4, 0.5) is 0 Å². The molecule has 27 heavy (non-hydrogen) atoms. The molecule has 1 atom stereocenters. The molecule has 0 fully saturated rings. The summed E-state index contributed by atoms with van der Waals surface area (Å²) in [4.78, 5) is 21.5. The summed E-state index contributed by atoms with van der Waals surface area (Å²) < 4.78 is 1.72. The van der Waals surface area contributed by atoms with Gasteiger partial charge in [-0.2, -0.15) is 4.98 Å². The lowest BCUT2D eigenvalue weighted by atomic mass is 9.96. The second-order valence-corrected chi connectivity index (χ2v) is 7.34. The molecule has 1 aromatic carbocycles. The molecule has 0 bridgehead atoms. The molecule has 7 heteroatoms. The first-order chi connectivity index (χ1) is 13.0. The van der Waals surface area contributed by atoms with E-state index in [1.165, 1.54) is 17.3 Å². The largest absolute Gasteiger partial charge is 0.355 e. The molecule has 0 aliphatic rings. The Kier molecular flexibility index (Phi) is 6.11. The topological polar surface area (TPSA) is 72.2 Å². The zero-order chi connectivity index (χ0) is 19.4. The SMILES string of the molecule is CC[C@@H](CNC(=O)Cc1c(C)nc2nc(SC)nn2c1C)c1ccccc1. The molecule has 3 rings (SSSR count). The predicted molar refractivity (Wildman–Crippen MR) is 108 cm³/mol. The molecule has 3 aromatic rings. The van der Waals surface area contributed by atoms with Crippen molar-refractivity contribution in [3.63, 3.8) is 0 Å². The van der Waals surface area contributed by atoms with Gasteiger partial charge in [-0.15, -0.1) is 5.10 Å². The van der Waals surface area contributed by atoms with Crippen molar-refractivity contribution >= 4 is 23.4 Å². The maximum Gasteiger partial charge on any atom is 0.253 e. The van der Waals surface area contributed by atoms with Crippen LogP contribution in [0, 0.1) is 13.8 Å². The summed E-state index contributed by atoms with van der Waals surface area (Å²) in [7, 11) is 0. The molecule has 0 spiro atoms. The molecular formula is C20H25N5OS. The fraction of sp³-hybridized carbons (Fsp3) is 0.400. The summed E-state index contributed by atoms with van der Waals surface area (Å²) in [6.07, 6.45) is 3.20. The third-order valence-corrected chi connectivity index (χ3v) is 5.40. The van der Waals surface area contributed by atoms with Crippen LogP contribution < -0.4 is 5.32 Å². The Morgan fingerprint density at radius 2 is 1.96 bits per heavy atom. The van der Waals surface area contributed by atoms with Crippen molar-refractivity contribution in [2.45, 2.75) is 44.7 Å². The minimum absolute atomic E-state index is 0.00179. The van der Waals surface area contributed by atoms with Crippen molar-refractivity contribution in [3.8, 4) is 0 Å². The third kappa shape index (κ3) is 4.30. The van der Waals surface area contributed by atoms with E-state index in [4.69, 9.17) is 0 Å². The zero-order valence-corrected chi connectivity index (χ0v) is 17.0. The number of thioether (sulfide) groups is 1. The second kappa shape index (κ2) is 8.52. The molecule has 0 aliphatic carbocycles. The van der Waals surface area contributed by atoms with Gasteiger partial charge in [0.25, 0.3) is 5.78 Å². The predicted octanol–water partition coefficient (Wildman–Crippen LogP) is 3.32. The zero-order valence-electron chi connectivity index (χ0n) is 16.2. The molecule has 0 unspecified atom stereocenters. The van der Waals surface area contributed by atoms with Crippen LogP contribution in [-0.4, -0.2) is 38.3 Å². The lowest BCUT2D eigenvalue weighted by molar-refractivity contribution is -0.120. The highest BCUT2D eigenvalue weighted by Crippen LogP contribution is 2.19. The smallest absolute Gasteiger partial charge is 0.253 e. The standard InChI is InChI=1S/C20H25N5OS/c1-5-15(16-9-7-6-8-10-16)12-21-18(26)11-17-13(2)22-19-23-20(27-4)24-25(19)14(17)3/h6-10,15H,5,11-12H2,1-4H3,(H,21,26)/t15-/m0/s1. The van der Waals surface area contributed by atoms with Crippen molar-refractivity contribution in [1.29, 1.82) is 0 Å². The van der Waals surface area contributed by atoms with Gasteiger partial charge in [0, 0.05) is 29.4 Å². The van der Waals surface area contributed by atoms with Gasteiger partial charge in [-0.1, -0.05) is 49.0 Å². The van der Waals surface area contributed by atoms with Gasteiger partial charge in [0.2, 0.25) is 11.1 Å². The number of amides is 1. The Hall–Kier alpha value is -2.41. The second-order valence-electron chi connectivity index (χ2n) is 6.57. The number of fused-ring (bicyclic) bond motifs is 1. The number of benzene rings is 1. The van der Waals surface area contributed by atoms with E-state index in [0.29, 0.717) is 29.8 Å². The lowest BCUT2D eigenvalue weighted by Crippen LogP contribution is -2.30. The molecule has 0 saturated carbocycles. The molecule has 0 saturated heterocycles. The monoisotopic (exact) mass is 383 g/mol. The van der Waals surface area contributed by atoms with E-state index in [0.717, 1.165) is 23.4 Å². The Morgan fingerprint density at radius 3 is 2.63 bits per heavy atom. The number of hydrogen-bond acceptors (Lipinski definition) is 5. The molecule has 2 heterocycles. The van der Waals surface area contributed by atoms with E-state index in [1.54, 1.807) is 4.52 Å². The van der Waals surface area contributed by atoms with E-state index in [-0.39, 0.29) is 5.91 Å². The van der Waals surface area contributed by atoms with Crippen molar-refractivity contribution in [1.82, 2.24) is 24.9 Å². The number of carbonyl (C=O) groups excluding carboxylic acids is 1. The van der Waals surface area contributed by atoms with Crippen molar-refractivity contribution < 1.29 is 4.79 Å². The van der Waals surface area contributed by atoms with Gasteiger partial charge < -0.3 is 5.32 Å². The molecule has 0 aliphatic heterocycles. The Morgan fingerprint density at radius 1 is 1.22 bits per heavy atom. The number of nitrogens with one attached hydrogen (secondary N) is 1. The van der Waals surface area contributed by atoms with E-state index >= 15 is 0 Å². The van der Waals surface area contributed by atoms with Crippen LogP contribution in [0.1, 0.15) is 41.8 Å². The summed E-state index contributed by atoms with van der Waals surface area (Å²) in [6, 6.07) is 10.3. The summed E-state index contributed by atoms with van der Waals surface area (Å²) in [6.45, 7) is 6.65. The van der Waals surface area contributed by atoms with E-state index in [9.17, 15) is 4.79 Å². The van der Waals surface area contributed by atoms with Gasteiger partial charge in [0.1, 0.15) is 0 Å². The first-order valence-corrected chi connectivity index (χ1v) is 10.3. The van der Waals surface area contributed by atoms with Gasteiger partial charge in [0.05, 0.1) is 6.42 Å². The Balaban J connectivity index is 1.72. The first-order valence-electron chi connectivity index (χ1n) is 9.12. The van der Waals surface area contributed by atoms with Gasteiger partial charge in [-0.05, 0) is 32.1 Å². The molecule has 1 N–H and O–H groups in total. The van der Waals surface area contributed by atoms with Crippen LogP contribution in [0.15, 0.2) is 35.5 Å². The fourth-order valence-corrected chi connectivity index (χ4v) is 3.55. The number of rotatable bonds is 7. The fourth-order valence-electron chi connectivity index (χ4n) is 3.22. The number of aromatic nitrogens is 4. The third-order valence-electron chi connectivity index (χ3n) is 4.86. The number of hydrogen-bond donors (Lipinski definition) is 1. The van der Waals surface area contributed by atoms with Crippen LogP contribution in [0.3, 0.4) is 0 Å². The van der Waals surface area contributed by atoms with E-state index in [1.807, 2.05) is 38.3 Å². The van der Waals surface area contributed by atoms with Crippen LogP contribution in [0.5, 0.6) is 0 Å². The van der Waals surface area contributed by atoms with Crippen LogP contribution >= 0.6 is 11.8 Å². The van der Waals surface area contributed by atoms with Gasteiger partial charge in [-0.3, -0.25) is 4.79 Å². The summed E-state index contributed by atoms with van der Waals surface area (Å²) in [5.74, 6) is 0.896. The average Bonchev–Trinajstić information content (AvgIpc) is 3.09. The molecular weight excluding hydrogens is 358 g/mol. The van der Waals surface area contributed by atoms with Gasteiger partial charge in [-0.25, -0.2) is 9.50 Å². The maximum atomic E-state index is 12.6. The molecule has 6 nitrogen and oxygen atoms in total.